The number of piperazine rings is 1. The molecule has 0 saturated carbocycles. The van der Waals surface area contributed by atoms with Crippen LogP contribution in [0.4, 0.5) is 11.5 Å². The second-order valence-corrected chi connectivity index (χ2v) is 8.36. The average molecular weight is 442 g/mol. The largest absolute Gasteiger partial charge is 0.394 e. The Morgan fingerprint density at radius 3 is 2.56 bits per heavy atom. The molecular formula is C24H35N5O3. The zero-order chi connectivity index (χ0) is 22.9. The summed E-state index contributed by atoms with van der Waals surface area (Å²) in [5, 5.41) is 22.0. The van der Waals surface area contributed by atoms with E-state index in [4.69, 9.17) is 10.8 Å². The highest BCUT2D eigenvalue weighted by Crippen LogP contribution is 2.18. The number of hydrogen-bond acceptors (Lipinski definition) is 7. The van der Waals surface area contributed by atoms with Crippen LogP contribution in [0.3, 0.4) is 0 Å². The normalized spacial score (nSPS) is 15.5. The number of nitrogens with one attached hydrogen (secondary N) is 1. The monoisotopic (exact) mass is 441 g/mol. The maximum Gasteiger partial charge on any atom is 0.253 e. The van der Waals surface area contributed by atoms with Crippen molar-refractivity contribution in [2.45, 2.75) is 32.3 Å². The van der Waals surface area contributed by atoms with Gasteiger partial charge in [0.1, 0.15) is 5.82 Å². The standard InChI is InChI=1S/C24H35N5O3/c1-2-3-8-26-20-14-21(27-23(25)15-20)13-18-4-6-19(7-5-18)24(32)29-11-9-28(10-12-29)16-22(31)17-30/h4-7,14-15,22,30-31H,2-3,8-13,16-17H2,1H3,(H3,25,26,27). The van der Waals surface area contributed by atoms with Crippen LogP contribution >= 0.6 is 0 Å². The van der Waals surface area contributed by atoms with Gasteiger partial charge in [-0.2, -0.15) is 0 Å². The maximum atomic E-state index is 12.8. The summed E-state index contributed by atoms with van der Waals surface area (Å²) in [6.07, 6.45) is 2.15. The molecule has 1 saturated heterocycles. The van der Waals surface area contributed by atoms with Crippen molar-refractivity contribution in [1.82, 2.24) is 14.8 Å². The van der Waals surface area contributed by atoms with E-state index in [1.165, 1.54) is 0 Å². The van der Waals surface area contributed by atoms with Gasteiger partial charge in [0, 0.05) is 68.7 Å². The first-order valence-electron chi connectivity index (χ1n) is 11.4. The summed E-state index contributed by atoms with van der Waals surface area (Å²) in [6, 6.07) is 11.5. The predicted octanol–water partition coefficient (Wildman–Crippen LogP) is 1.58. The van der Waals surface area contributed by atoms with Gasteiger partial charge < -0.3 is 26.2 Å². The van der Waals surface area contributed by atoms with Crippen LogP contribution in [0.2, 0.25) is 0 Å². The van der Waals surface area contributed by atoms with Crippen molar-refractivity contribution in [2.24, 2.45) is 0 Å². The Morgan fingerprint density at radius 2 is 1.91 bits per heavy atom. The molecule has 174 valence electrons. The van der Waals surface area contributed by atoms with Crippen LogP contribution in [0.1, 0.15) is 41.4 Å². The second kappa shape index (κ2) is 11.8. The lowest BCUT2D eigenvalue weighted by atomic mass is 10.1. The van der Waals surface area contributed by atoms with Crippen LogP contribution in [-0.2, 0) is 6.42 Å². The van der Waals surface area contributed by atoms with Crippen LogP contribution < -0.4 is 11.1 Å². The fourth-order valence-electron chi connectivity index (χ4n) is 3.86. The first-order valence-corrected chi connectivity index (χ1v) is 11.4. The van der Waals surface area contributed by atoms with E-state index in [1.807, 2.05) is 41.3 Å². The first-order chi connectivity index (χ1) is 15.5. The minimum atomic E-state index is -0.734. The number of rotatable bonds is 10. The third-order valence-corrected chi connectivity index (χ3v) is 5.68. The molecule has 0 radical (unpaired) electrons. The van der Waals surface area contributed by atoms with Crippen molar-refractivity contribution >= 4 is 17.4 Å². The minimum absolute atomic E-state index is 0.0170. The van der Waals surface area contributed by atoms with Gasteiger partial charge in [0.2, 0.25) is 0 Å². The van der Waals surface area contributed by atoms with E-state index in [1.54, 1.807) is 0 Å². The summed E-state index contributed by atoms with van der Waals surface area (Å²) in [4.78, 5) is 21.2. The van der Waals surface area contributed by atoms with Crippen molar-refractivity contribution < 1.29 is 15.0 Å². The van der Waals surface area contributed by atoms with Gasteiger partial charge in [-0.1, -0.05) is 25.5 Å². The molecule has 2 heterocycles. The summed E-state index contributed by atoms with van der Waals surface area (Å²) in [5.74, 6) is 0.516. The molecule has 1 unspecified atom stereocenters. The topological polar surface area (TPSA) is 115 Å². The first kappa shape index (κ1) is 24.0. The van der Waals surface area contributed by atoms with Gasteiger partial charge in [-0.15, -0.1) is 0 Å². The number of aliphatic hydroxyl groups is 2. The van der Waals surface area contributed by atoms with E-state index >= 15 is 0 Å². The maximum absolute atomic E-state index is 12.8. The molecular weight excluding hydrogens is 406 g/mol. The lowest BCUT2D eigenvalue weighted by Crippen LogP contribution is -2.50. The third-order valence-electron chi connectivity index (χ3n) is 5.68. The van der Waals surface area contributed by atoms with Crippen LogP contribution in [0.5, 0.6) is 0 Å². The van der Waals surface area contributed by atoms with Crippen LogP contribution in [0.25, 0.3) is 0 Å². The Labute approximate surface area is 190 Å². The highest BCUT2D eigenvalue weighted by atomic mass is 16.3. The van der Waals surface area contributed by atoms with Gasteiger partial charge in [0.05, 0.1) is 12.7 Å². The zero-order valence-electron chi connectivity index (χ0n) is 18.8. The molecule has 32 heavy (non-hydrogen) atoms. The molecule has 3 rings (SSSR count). The fraction of sp³-hybridized carbons (Fsp3) is 0.500. The molecule has 1 aromatic heterocycles. The van der Waals surface area contributed by atoms with Gasteiger partial charge >= 0.3 is 0 Å². The van der Waals surface area contributed by atoms with Crippen LogP contribution in [0.15, 0.2) is 36.4 Å². The molecule has 1 aromatic carbocycles. The number of nitrogen functional groups attached to an aromatic ring is 1. The molecule has 1 fully saturated rings. The molecule has 5 N–H and O–H groups in total. The molecule has 2 aromatic rings. The number of aromatic nitrogens is 1. The number of benzene rings is 1. The fourth-order valence-corrected chi connectivity index (χ4v) is 3.86. The molecule has 1 atom stereocenters. The molecule has 1 aliphatic heterocycles. The van der Waals surface area contributed by atoms with E-state index in [0.29, 0.717) is 50.5 Å². The lowest BCUT2D eigenvalue weighted by Gasteiger charge is -2.35. The SMILES string of the molecule is CCCCNc1cc(N)nc(Cc2ccc(C(=O)N3CCN(CC(O)CO)CC3)cc2)c1. The molecule has 0 bridgehead atoms. The van der Waals surface area contributed by atoms with Crippen LogP contribution in [0, 0.1) is 0 Å². The number of amides is 1. The number of aliphatic hydroxyl groups excluding tert-OH is 2. The Bertz CT molecular complexity index is 866. The van der Waals surface area contributed by atoms with Crippen molar-refractivity contribution in [3.63, 3.8) is 0 Å². The average Bonchev–Trinajstić information content (AvgIpc) is 2.79. The van der Waals surface area contributed by atoms with E-state index < -0.39 is 6.10 Å². The Balaban J connectivity index is 1.55. The summed E-state index contributed by atoms with van der Waals surface area (Å²) in [5.41, 5.74) is 9.59. The number of unbranched alkanes of at least 4 members (excludes halogenated alkanes) is 1. The number of β-amino-alcohol motifs (C(OH)–C–C–N with tert-alkyl or cyclic N) is 1. The van der Waals surface area contributed by atoms with E-state index in [2.05, 4.69) is 22.1 Å². The van der Waals surface area contributed by atoms with Gasteiger partial charge in [0.25, 0.3) is 5.91 Å². The van der Waals surface area contributed by atoms with Crippen molar-refractivity contribution in [1.29, 1.82) is 0 Å². The van der Waals surface area contributed by atoms with E-state index in [0.717, 1.165) is 36.3 Å². The van der Waals surface area contributed by atoms with E-state index in [-0.39, 0.29) is 12.5 Å². The minimum Gasteiger partial charge on any atom is -0.394 e. The number of nitrogens with zero attached hydrogens (tertiary/aromatic N) is 3. The molecule has 8 heteroatoms. The Morgan fingerprint density at radius 1 is 1.19 bits per heavy atom. The predicted molar refractivity (Wildman–Crippen MR) is 127 cm³/mol. The van der Waals surface area contributed by atoms with Gasteiger partial charge in [-0.25, -0.2) is 4.98 Å². The summed E-state index contributed by atoms with van der Waals surface area (Å²) in [6.45, 7) is 5.86. The number of carbonyl (C=O) groups excluding carboxylic acids is 1. The van der Waals surface area contributed by atoms with Gasteiger partial charge in [-0.3, -0.25) is 9.69 Å². The number of carbonyl (C=O) groups is 1. The number of pyridine rings is 1. The molecule has 8 nitrogen and oxygen atoms in total. The van der Waals surface area contributed by atoms with Gasteiger partial charge in [0.15, 0.2) is 0 Å². The highest BCUT2D eigenvalue weighted by molar-refractivity contribution is 5.94. The number of anilines is 2. The van der Waals surface area contributed by atoms with Gasteiger partial charge in [-0.05, 0) is 30.2 Å². The lowest BCUT2D eigenvalue weighted by molar-refractivity contribution is 0.0358. The molecule has 1 amide bonds. The number of hydrogen-bond donors (Lipinski definition) is 4. The summed E-state index contributed by atoms with van der Waals surface area (Å²) in [7, 11) is 0. The van der Waals surface area contributed by atoms with Crippen molar-refractivity contribution in [2.75, 3.05) is 56.9 Å². The van der Waals surface area contributed by atoms with Crippen LogP contribution in [-0.4, -0.2) is 82.9 Å². The zero-order valence-corrected chi connectivity index (χ0v) is 18.8. The Hall–Kier alpha value is -2.68. The van der Waals surface area contributed by atoms with Crippen molar-refractivity contribution in [3.8, 4) is 0 Å². The molecule has 1 aliphatic rings. The third kappa shape index (κ3) is 6.91. The summed E-state index contributed by atoms with van der Waals surface area (Å²) < 4.78 is 0. The Kier molecular flexibility index (Phi) is 8.84. The second-order valence-electron chi connectivity index (χ2n) is 8.36. The molecule has 0 aliphatic carbocycles. The smallest absolute Gasteiger partial charge is 0.253 e. The van der Waals surface area contributed by atoms with E-state index in [9.17, 15) is 9.90 Å². The van der Waals surface area contributed by atoms with Crippen molar-refractivity contribution in [3.05, 3.63) is 53.2 Å². The molecule has 0 spiro atoms. The number of nitrogens with two attached hydrogens (primary N) is 1. The quantitative estimate of drug-likeness (QED) is 0.414. The summed E-state index contributed by atoms with van der Waals surface area (Å²) >= 11 is 0. The highest BCUT2D eigenvalue weighted by Gasteiger charge is 2.23.